The summed E-state index contributed by atoms with van der Waals surface area (Å²) in [6.07, 6.45) is 6.59. The Morgan fingerprint density at radius 3 is 2.73 bits per heavy atom. The first-order valence-electron chi connectivity index (χ1n) is 6.01. The Kier molecular flexibility index (Phi) is 3.47. The maximum Gasteiger partial charge on any atom is 0.0107 e. The quantitative estimate of drug-likeness (QED) is 0.833. The van der Waals surface area contributed by atoms with Crippen LogP contribution in [0.25, 0.3) is 0 Å². The molecule has 0 atom stereocenters. The zero-order valence-corrected chi connectivity index (χ0v) is 10.4. The third-order valence-corrected chi connectivity index (χ3v) is 5.01. The van der Waals surface area contributed by atoms with Gasteiger partial charge in [0.15, 0.2) is 0 Å². The number of thiophene rings is 1. The summed E-state index contributed by atoms with van der Waals surface area (Å²) < 4.78 is 0. The van der Waals surface area contributed by atoms with E-state index in [1.54, 1.807) is 4.88 Å². The predicted molar refractivity (Wildman–Crippen MR) is 67.3 cm³/mol. The van der Waals surface area contributed by atoms with Crippen molar-refractivity contribution in [2.24, 2.45) is 11.7 Å². The molecule has 2 rings (SSSR count). The SMILES string of the molecule is CC1CCC(CCN)(c2cccs2)CC1. The van der Waals surface area contributed by atoms with Crippen LogP contribution >= 0.6 is 11.3 Å². The summed E-state index contributed by atoms with van der Waals surface area (Å²) in [7, 11) is 0. The topological polar surface area (TPSA) is 26.0 Å². The third-order valence-electron chi connectivity index (χ3n) is 3.90. The highest BCUT2D eigenvalue weighted by Crippen LogP contribution is 2.45. The highest BCUT2D eigenvalue weighted by molar-refractivity contribution is 7.10. The molecule has 0 saturated heterocycles. The average Bonchev–Trinajstić information content (AvgIpc) is 2.76. The van der Waals surface area contributed by atoms with E-state index >= 15 is 0 Å². The van der Waals surface area contributed by atoms with Gasteiger partial charge in [-0.3, -0.25) is 0 Å². The maximum absolute atomic E-state index is 5.79. The van der Waals surface area contributed by atoms with Gasteiger partial charge in [0.1, 0.15) is 0 Å². The summed E-state index contributed by atoms with van der Waals surface area (Å²) in [5.41, 5.74) is 6.22. The lowest BCUT2D eigenvalue weighted by atomic mass is 9.68. The van der Waals surface area contributed by atoms with E-state index in [0.29, 0.717) is 5.41 Å². The van der Waals surface area contributed by atoms with Crippen LogP contribution in [0.1, 0.15) is 43.9 Å². The van der Waals surface area contributed by atoms with Crippen molar-refractivity contribution in [1.82, 2.24) is 0 Å². The summed E-state index contributed by atoms with van der Waals surface area (Å²) in [6, 6.07) is 4.48. The van der Waals surface area contributed by atoms with Gasteiger partial charge in [0.2, 0.25) is 0 Å². The van der Waals surface area contributed by atoms with E-state index in [9.17, 15) is 0 Å². The van der Waals surface area contributed by atoms with E-state index in [1.165, 1.54) is 32.1 Å². The Hall–Kier alpha value is -0.340. The lowest BCUT2D eigenvalue weighted by Crippen LogP contribution is -2.32. The molecule has 2 heteroatoms. The standard InChI is InChI=1S/C13H21NS/c1-11-4-6-13(7-5-11,8-9-14)12-3-2-10-15-12/h2-3,10-11H,4-9,14H2,1H3. The van der Waals surface area contributed by atoms with Crippen LogP contribution in [0, 0.1) is 5.92 Å². The molecule has 0 unspecified atom stereocenters. The van der Waals surface area contributed by atoms with Gasteiger partial charge in [0.25, 0.3) is 0 Å². The first kappa shape index (κ1) is 11.2. The second-order valence-corrected chi connectivity index (χ2v) is 5.93. The van der Waals surface area contributed by atoms with Gasteiger partial charge in [-0.2, -0.15) is 0 Å². The van der Waals surface area contributed by atoms with Crippen LogP contribution < -0.4 is 5.73 Å². The molecule has 2 N–H and O–H groups in total. The zero-order chi connectivity index (χ0) is 10.7. The van der Waals surface area contributed by atoms with Gasteiger partial charge in [0, 0.05) is 10.3 Å². The number of rotatable bonds is 3. The fourth-order valence-electron chi connectivity index (χ4n) is 2.79. The van der Waals surface area contributed by atoms with Crippen LogP contribution in [0.5, 0.6) is 0 Å². The Balaban J connectivity index is 2.18. The van der Waals surface area contributed by atoms with Gasteiger partial charge in [-0.1, -0.05) is 13.0 Å². The van der Waals surface area contributed by atoms with Crippen LogP contribution in [-0.4, -0.2) is 6.54 Å². The molecule has 1 aliphatic rings. The summed E-state index contributed by atoms with van der Waals surface area (Å²) in [5, 5.41) is 2.20. The number of hydrogen-bond acceptors (Lipinski definition) is 2. The lowest BCUT2D eigenvalue weighted by molar-refractivity contribution is 0.234. The highest BCUT2D eigenvalue weighted by atomic mass is 32.1. The smallest absolute Gasteiger partial charge is 0.0107 e. The molecule has 84 valence electrons. The Labute approximate surface area is 96.7 Å². The van der Waals surface area contributed by atoms with E-state index in [-0.39, 0.29) is 0 Å². The molecule has 1 nitrogen and oxygen atoms in total. The maximum atomic E-state index is 5.79. The third kappa shape index (κ3) is 2.26. The van der Waals surface area contributed by atoms with Crippen molar-refractivity contribution >= 4 is 11.3 Å². The molecule has 0 amide bonds. The Morgan fingerprint density at radius 1 is 1.47 bits per heavy atom. The molecule has 0 radical (unpaired) electrons. The van der Waals surface area contributed by atoms with E-state index in [2.05, 4.69) is 24.4 Å². The van der Waals surface area contributed by atoms with Crippen LogP contribution in [0.4, 0.5) is 0 Å². The molecule has 1 aromatic rings. The molecule has 0 bridgehead atoms. The molecule has 0 spiro atoms. The summed E-state index contributed by atoms with van der Waals surface area (Å²) in [6.45, 7) is 3.20. The summed E-state index contributed by atoms with van der Waals surface area (Å²) >= 11 is 1.91. The summed E-state index contributed by atoms with van der Waals surface area (Å²) in [5.74, 6) is 0.913. The fraction of sp³-hybridized carbons (Fsp3) is 0.692. The normalized spacial score (nSPS) is 31.7. The van der Waals surface area contributed by atoms with Crippen LogP contribution in [0.2, 0.25) is 0 Å². The van der Waals surface area contributed by atoms with Gasteiger partial charge < -0.3 is 5.73 Å². The van der Waals surface area contributed by atoms with E-state index in [0.717, 1.165) is 12.5 Å². The highest BCUT2D eigenvalue weighted by Gasteiger charge is 2.35. The van der Waals surface area contributed by atoms with Crippen molar-refractivity contribution in [2.45, 2.75) is 44.4 Å². The minimum absolute atomic E-state index is 0.426. The Morgan fingerprint density at radius 2 is 2.20 bits per heavy atom. The molecule has 1 fully saturated rings. The van der Waals surface area contributed by atoms with Crippen molar-refractivity contribution in [1.29, 1.82) is 0 Å². The van der Waals surface area contributed by atoms with Crippen LogP contribution in [0.3, 0.4) is 0 Å². The molecule has 1 aliphatic carbocycles. The largest absolute Gasteiger partial charge is 0.330 e. The van der Waals surface area contributed by atoms with Crippen molar-refractivity contribution in [3.63, 3.8) is 0 Å². The van der Waals surface area contributed by atoms with Crippen LogP contribution in [0.15, 0.2) is 17.5 Å². The number of hydrogen-bond donors (Lipinski definition) is 1. The lowest BCUT2D eigenvalue weighted by Gasteiger charge is -2.38. The predicted octanol–water partition coefficient (Wildman–Crippen LogP) is 3.54. The first-order chi connectivity index (χ1) is 7.27. The van der Waals surface area contributed by atoms with Crippen molar-refractivity contribution < 1.29 is 0 Å². The van der Waals surface area contributed by atoms with Crippen molar-refractivity contribution in [2.75, 3.05) is 6.54 Å². The van der Waals surface area contributed by atoms with E-state index < -0.39 is 0 Å². The van der Waals surface area contributed by atoms with E-state index in [4.69, 9.17) is 5.73 Å². The second-order valence-electron chi connectivity index (χ2n) is 4.98. The molecular formula is C13H21NS. The van der Waals surface area contributed by atoms with Gasteiger partial charge in [0.05, 0.1) is 0 Å². The van der Waals surface area contributed by atoms with Gasteiger partial charge >= 0.3 is 0 Å². The monoisotopic (exact) mass is 223 g/mol. The Bertz CT molecular complexity index is 283. The molecule has 1 saturated carbocycles. The fourth-order valence-corrected chi connectivity index (χ4v) is 3.81. The molecule has 1 heterocycles. The average molecular weight is 223 g/mol. The second kappa shape index (κ2) is 4.67. The van der Waals surface area contributed by atoms with Gasteiger partial charge in [-0.15, -0.1) is 11.3 Å². The molecule has 1 aromatic heterocycles. The molecule has 15 heavy (non-hydrogen) atoms. The minimum Gasteiger partial charge on any atom is -0.330 e. The van der Waals surface area contributed by atoms with E-state index in [1.807, 2.05) is 11.3 Å². The first-order valence-corrected chi connectivity index (χ1v) is 6.89. The van der Waals surface area contributed by atoms with Gasteiger partial charge in [-0.05, 0) is 56.0 Å². The number of nitrogens with two attached hydrogens (primary N) is 1. The van der Waals surface area contributed by atoms with Crippen molar-refractivity contribution in [3.8, 4) is 0 Å². The van der Waals surface area contributed by atoms with Crippen LogP contribution in [-0.2, 0) is 5.41 Å². The summed E-state index contributed by atoms with van der Waals surface area (Å²) in [4.78, 5) is 1.57. The molecule has 0 aliphatic heterocycles. The van der Waals surface area contributed by atoms with Crippen molar-refractivity contribution in [3.05, 3.63) is 22.4 Å². The minimum atomic E-state index is 0.426. The van der Waals surface area contributed by atoms with Gasteiger partial charge in [-0.25, -0.2) is 0 Å². The zero-order valence-electron chi connectivity index (χ0n) is 9.54. The molecule has 0 aromatic carbocycles. The molecular weight excluding hydrogens is 202 g/mol.